The molecular formula is C108H99BN4O. The first-order chi connectivity index (χ1) is 57.3. The Morgan fingerprint density at radius 2 is 0.781 bits per heavy atom. The summed E-state index contributed by atoms with van der Waals surface area (Å²) in [7, 11) is 0. The van der Waals surface area contributed by atoms with Crippen molar-refractivity contribution >= 4 is 161 Å². The summed E-state index contributed by atoms with van der Waals surface area (Å²) in [5.74, 6) is 0. The molecule has 0 saturated heterocycles. The number of hydrogen-bond acceptors (Lipinski definition) is 3. The molecule has 0 unspecified atom stereocenters. The molecule has 6 heteroatoms. The molecule has 2 aliphatic rings. The molecular weight excluding hydrogens is 1380 g/mol. The summed E-state index contributed by atoms with van der Waals surface area (Å²) in [6, 6.07) is 83.2. The molecule has 4 aromatic heterocycles. The van der Waals surface area contributed by atoms with E-state index in [2.05, 4.69) is 333 Å². The Kier molecular flexibility index (Phi) is 13.9. The maximum atomic E-state index is 10.3. The van der Waals surface area contributed by atoms with E-state index in [1.54, 1.807) is 0 Å². The summed E-state index contributed by atoms with van der Waals surface area (Å²) in [6.07, 6.45) is 0. The molecule has 0 fully saturated rings. The molecule has 20 rings (SSSR count). The van der Waals surface area contributed by atoms with Gasteiger partial charge in [0.15, 0.2) is 5.58 Å². The number of benzene rings is 14. The fraction of sp³-hybridized carbons (Fsp3) is 0.222. The largest absolute Gasteiger partial charge is 0.454 e. The molecule has 0 saturated carbocycles. The van der Waals surface area contributed by atoms with Gasteiger partial charge in [-0.25, -0.2) is 0 Å². The summed E-state index contributed by atoms with van der Waals surface area (Å²) in [4.78, 5) is 5.10. The third-order valence-corrected chi connectivity index (χ3v) is 24.8. The van der Waals surface area contributed by atoms with E-state index in [4.69, 9.17) is 4.42 Å². The Morgan fingerprint density at radius 1 is 0.298 bits per heavy atom. The molecule has 0 atom stereocenters. The van der Waals surface area contributed by atoms with Crippen LogP contribution in [0.4, 0.5) is 34.1 Å². The molecule has 0 radical (unpaired) electrons. The third-order valence-electron chi connectivity index (χ3n) is 24.8. The number of aromatic nitrogens is 2. The molecule has 0 spiro atoms. The van der Waals surface area contributed by atoms with Crippen molar-refractivity contribution < 1.29 is 14.0 Å². The van der Waals surface area contributed by atoms with Crippen molar-refractivity contribution in [2.75, 3.05) is 9.80 Å². The molecule has 14 aromatic carbocycles. The normalized spacial score (nSPS) is 14.5. The van der Waals surface area contributed by atoms with Gasteiger partial charge in [0.1, 0.15) is 5.58 Å². The average Bonchev–Trinajstić information content (AvgIpc) is 1.67. The molecule has 0 N–H and O–H groups in total. The van der Waals surface area contributed by atoms with Crippen molar-refractivity contribution in [1.82, 2.24) is 8.97 Å². The zero-order valence-electron chi connectivity index (χ0n) is 75.7. The number of furan rings is 1. The van der Waals surface area contributed by atoms with Gasteiger partial charge in [0.05, 0.1) is 48.6 Å². The number of nitrogens with zero attached hydrogens (tertiary/aromatic N) is 4. The van der Waals surface area contributed by atoms with Gasteiger partial charge in [-0.05, 0) is 200 Å². The lowest BCUT2D eigenvalue weighted by Gasteiger charge is -2.46. The van der Waals surface area contributed by atoms with Crippen LogP contribution in [0.15, 0.2) is 277 Å². The highest BCUT2D eigenvalue weighted by atomic mass is 16.3. The maximum Gasteiger partial charge on any atom is 0.252 e. The number of rotatable bonds is 5. The van der Waals surface area contributed by atoms with Gasteiger partial charge in [-0.3, -0.25) is 0 Å². The highest BCUT2D eigenvalue weighted by Gasteiger charge is 2.47. The van der Waals surface area contributed by atoms with Gasteiger partial charge in [0.25, 0.3) is 6.71 Å². The minimum atomic E-state index is -0.551. The Morgan fingerprint density at radius 3 is 1.39 bits per heavy atom. The van der Waals surface area contributed by atoms with E-state index in [0.717, 1.165) is 133 Å². The van der Waals surface area contributed by atoms with Crippen LogP contribution in [0, 0.1) is 0 Å². The molecule has 0 amide bonds. The maximum absolute atomic E-state index is 10.3. The first-order valence-electron chi connectivity index (χ1n) is 44.0. The molecule has 0 bridgehead atoms. The Bertz CT molecular complexity index is 7530. The van der Waals surface area contributed by atoms with Crippen LogP contribution >= 0.6 is 0 Å². The lowest BCUT2D eigenvalue weighted by molar-refractivity contribution is 0.569. The van der Waals surface area contributed by atoms with Crippen molar-refractivity contribution in [1.29, 1.82) is 0 Å². The van der Waals surface area contributed by atoms with Crippen LogP contribution in [-0.2, 0) is 32.5 Å². The zero-order chi connectivity index (χ0) is 85.0. The van der Waals surface area contributed by atoms with Crippen LogP contribution in [0.3, 0.4) is 0 Å². The van der Waals surface area contributed by atoms with Gasteiger partial charge in [-0.15, -0.1) is 0 Å². The smallest absolute Gasteiger partial charge is 0.252 e. The quantitative estimate of drug-likeness (QED) is 0.161. The molecule has 18 aromatic rings. The van der Waals surface area contributed by atoms with Gasteiger partial charge >= 0.3 is 0 Å². The number of anilines is 6. The predicted molar refractivity (Wildman–Crippen MR) is 492 cm³/mol. The number of para-hydroxylation sites is 4. The van der Waals surface area contributed by atoms with E-state index in [-0.39, 0.29) is 73.6 Å². The Labute approximate surface area is 680 Å². The monoisotopic (exact) mass is 1490 g/mol. The second-order valence-corrected chi connectivity index (χ2v) is 38.5. The fourth-order valence-corrected chi connectivity index (χ4v) is 18.5. The SMILES string of the molecule is [2H]c1c([2H])c([2H])c2c(c1[2H])c1c([2H])c([2H])c([2H])c3c4ccccc4c4ccccc4c4cc5c(cc4n2c31)N(c1cccc2c1oc1ccccc12)c1cc(C(C)(C)C)cc2c1B5c1ccc(-n3c4ccc(C(C)(C)C)cc4c4cc(C(C)(C)C)ccc43)cc1N2c1c(-c2ccccc2)cc(C(C)(C)C)cc1-c1cc(C(C)(C)C)cc(C(C)(C)C)c1. The van der Waals surface area contributed by atoms with E-state index >= 15 is 0 Å². The standard InChI is InChI=1S/C108H99BN4O/c1-103(2,3)66-46-50-90-84(55-66)85-56-67(104(4,5)6)47-51-91(85)110(90)72-48-49-87-94(61-72)113(101-82(64-32-20-19-21-33-64)57-70(107(13,14)15)58-83(101)65-52-68(105(7,8)9)54-69(53-65)106(10,11)12)97-60-71(108(16,17)18)59-96-99(97)109(87)88-62-86-76-37-25-23-35-74(76)73-34-22-24-36-75(73)79-40-30-41-80-77-38-26-28-43-89(77)112(100(79)80)93(86)63-95(88)111(96)92-44-31-42-81-78-39-27-29-45-98(78)114-102(81)92/h19-63H,1-18H3/i26D,28D,30D,38D,40D,41D,43D. The number of fused-ring (bicyclic) bond motifs is 20. The summed E-state index contributed by atoms with van der Waals surface area (Å²) in [6.45, 7) is 41.2. The molecule has 2 aliphatic heterocycles. The summed E-state index contributed by atoms with van der Waals surface area (Å²) < 4.78 is 81.4. The Hall–Kier alpha value is -11.9. The summed E-state index contributed by atoms with van der Waals surface area (Å²) >= 11 is 0. The number of hydrogen-bond donors (Lipinski definition) is 0. The first-order valence-corrected chi connectivity index (χ1v) is 40.5. The van der Waals surface area contributed by atoms with Crippen molar-refractivity contribution in [3.05, 3.63) is 306 Å². The van der Waals surface area contributed by atoms with Gasteiger partial charge in [-0.1, -0.05) is 313 Å². The van der Waals surface area contributed by atoms with Crippen LogP contribution in [0.25, 0.3) is 131 Å². The van der Waals surface area contributed by atoms with Gasteiger partial charge in [0, 0.05) is 82.7 Å². The Balaban J connectivity index is 1.04. The molecule has 5 nitrogen and oxygen atoms in total. The molecule has 0 aliphatic carbocycles. The van der Waals surface area contributed by atoms with Crippen molar-refractivity contribution in [3.63, 3.8) is 0 Å². The van der Waals surface area contributed by atoms with E-state index in [9.17, 15) is 9.60 Å². The van der Waals surface area contributed by atoms with Gasteiger partial charge in [-0.2, -0.15) is 0 Å². The topological polar surface area (TPSA) is 29.0 Å². The van der Waals surface area contributed by atoms with E-state index in [0.29, 0.717) is 27.4 Å². The minimum absolute atomic E-state index is 0.110. The van der Waals surface area contributed by atoms with Gasteiger partial charge < -0.3 is 23.2 Å². The zero-order valence-corrected chi connectivity index (χ0v) is 68.7. The lowest BCUT2D eigenvalue weighted by Crippen LogP contribution is -2.61. The van der Waals surface area contributed by atoms with Crippen molar-refractivity contribution in [3.8, 4) is 27.9 Å². The van der Waals surface area contributed by atoms with E-state index < -0.39 is 24.2 Å². The second-order valence-electron chi connectivity index (χ2n) is 38.5. The highest BCUT2D eigenvalue weighted by molar-refractivity contribution is 7.00. The second kappa shape index (κ2) is 24.8. The van der Waals surface area contributed by atoms with Crippen LogP contribution < -0.4 is 26.2 Å². The van der Waals surface area contributed by atoms with Crippen LogP contribution in [0.5, 0.6) is 0 Å². The molecule has 6 heterocycles. The molecule has 114 heavy (non-hydrogen) atoms. The third kappa shape index (κ3) is 11.0. The average molecular weight is 1490 g/mol. The van der Waals surface area contributed by atoms with Gasteiger partial charge in [0.2, 0.25) is 0 Å². The lowest BCUT2D eigenvalue weighted by atomic mass is 9.33. The van der Waals surface area contributed by atoms with E-state index in [1.807, 2.05) is 40.8 Å². The predicted octanol–water partition coefficient (Wildman–Crippen LogP) is 28.5. The fourth-order valence-electron chi connectivity index (χ4n) is 18.5. The van der Waals surface area contributed by atoms with E-state index in [1.165, 1.54) is 38.6 Å². The van der Waals surface area contributed by atoms with Crippen molar-refractivity contribution in [2.24, 2.45) is 0 Å². The first kappa shape index (κ1) is 63.6. The highest BCUT2D eigenvalue weighted by Crippen LogP contribution is 2.56. The van der Waals surface area contributed by atoms with Crippen LogP contribution in [0.2, 0.25) is 0 Å². The summed E-state index contributed by atoms with van der Waals surface area (Å²) in [5.41, 5.74) is 24.3. The summed E-state index contributed by atoms with van der Waals surface area (Å²) in [5, 5.41) is 8.79. The van der Waals surface area contributed by atoms with Crippen molar-refractivity contribution in [2.45, 2.75) is 157 Å². The minimum Gasteiger partial charge on any atom is -0.454 e. The molecule has 560 valence electrons. The van der Waals surface area contributed by atoms with Crippen LogP contribution in [0.1, 0.15) is 168 Å². The van der Waals surface area contributed by atoms with Crippen LogP contribution in [-0.4, -0.2) is 15.7 Å².